The fourth-order valence-electron chi connectivity index (χ4n) is 1.91. The van der Waals surface area contributed by atoms with E-state index < -0.39 is 5.97 Å². The van der Waals surface area contributed by atoms with E-state index in [4.69, 9.17) is 5.11 Å². The summed E-state index contributed by atoms with van der Waals surface area (Å²) in [5.41, 5.74) is 2.25. The second kappa shape index (κ2) is 7.67. The zero-order valence-corrected chi connectivity index (χ0v) is 12.1. The molecule has 0 saturated carbocycles. The van der Waals surface area contributed by atoms with Crippen molar-refractivity contribution in [3.05, 3.63) is 24.3 Å². The minimum absolute atomic E-state index is 0.180. The summed E-state index contributed by atoms with van der Waals surface area (Å²) < 4.78 is 0. The maximum absolute atomic E-state index is 10.7. The molecule has 0 heterocycles. The largest absolute Gasteiger partial charge is 0.481 e. The van der Waals surface area contributed by atoms with Crippen LogP contribution in [0.25, 0.3) is 0 Å². The van der Waals surface area contributed by atoms with Crippen LogP contribution in [0.1, 0.15) is 26.2 Å². The third-order valence-electron chi connectivity index (χ3n) is 3.11. The summed E-state index contributed by atoms with van der Waals surface area (Å²) in [6, 6.07) is 8.25. The van der Waals surface area contributed by atoms with Crippen molar-refractivity contribution in [1.29, 1.82) is 0 Å². The zero-order chi connectivity index (χ0) is 14.3. The zero-order valence-electron chi connectivity index (χ0n) is 12.1. The number of anilines is 2. The van der Waals surface area contributed by atoms with Crippen molar-refractivity contribution in [2.24, 2.45) is 0 Å². The summed E-state index contributed by atoms with van der Waals surface area (Å²) in [5.74, 6) is -0.744. The maximum atomic E-state index is 10.7. The van der Waals surface area contributed by atoms with Crippen molar-refractivity contribution in [1.82, 2.24) is 0 Å². The average Bonchev–Trinajstić information content (AvgIpc) is 2.39. The number of unbranched alkanes of at least 4 members (excludes halogenated alkanes) is 1. The normalized spacial score (nSPS) is 10.3. The lowest BCUT2D eigenvalue weighted by molar-refractivity contribution is -0.136. The van der Waals surface area contributed by atoms with Gasteiger partial charge in [-0.1, -0.05) is 13.3 Å². The Labute approximate surface area is 115 Å². The third-order valence-corrected chi connectivity index (χ3v) is 3.11. The lowest BCUT2D eigenvalue weighted by atomic mass is 10.2. The Morgan fingerprint density at radius 3 is 2.16 bits per heavy atom. The second-order valence-corrected chi connectivity index (χ2v) is 4.90. The highest BCUT2D eigenvalue weighted by Crippen LogP contribution is 2.20. The molecule has 0 atom stereocenters. The molecule has 0 aliphatic rings. The summed E-state index contributed by atoms with van der Waals surface area (Å²) in [4.78, 5) is 14.9. The highest BCUT2D eigenvalue weighted by Gasteiger charge is 2.08. The number of rotatable bonds is 8. The fourth-order valence-corrected chi connectivity index (χ4v) is 1.91. The summed E-state index contributed by atoms with van der Waals surface area (Å²) in [6.45, 7) is 3.62. The predicted octanol–water partition coefficient (Wildman–Crippen LogP) is 2.83. The highest BCUT2D eigenvalue weighted by molar-refractivity contribution is 5.68. The van der Waals surface area contributed by atoms with E-state index in [0.29, 0.717) is 6.54 Å². The van der Waals surface area contributed by atoms with Crippen molar-refractivity contribution in [2.75, 3.05) is 37.0 Å². The van der Waals surface area contributed by atoms with Crippen LogP contribution in [0, 0.1) is 0 Å². The number of carboxylic acid groups (broad SMARTS) is 1. The minimum atomic E-state index is -0.744. The SMILES string of the molecule is CCCCN(CCC(=O)O)c1ccc(N(C)C)cc1. The van der Waals surface area contributed by atoms with Crippen LogP contribution < -0.4 is 9.80 Å². The molecule has 106 valence electrons. The van der Waals surface area contributed by atoms with Gasteiger partial charge in [-0.25, -0.2) is 0 Å². The highest BCUT2D eigenvalue weighted by atomic mass is 16.4. The minimum Gasteiger partial charge on any atom is -0.481 e. The third kappa shape index (κ3) is 5.20. The van der Waals surface area contributed by atoms with Crippen molar-refractivity contribution >= 4 is 17.3 Å². The first kappa shape index (κ1) is 15.3. The van der Waals surface area contributed by atoms with Crippen molar-refractivity contribution in [3.63, 3.8) is 0 Å². The molecule has 0 aliphatic heterocycles. The maximum Gasteiger partial charge on any atom is 0.305 e. The molecule has 0 saturated heterocycles. The first-order valence-corrected chi connectivity index (χ1v) is 6.78. The average molecular weight is 264 g/mol. The molecule has 1 N–H and O–H groups in total. The summed E-state index contributed by atoms with van der Waals surface area (Å²) >= 11 is 0. The quantitative estimate of drug-likeness (QED) is 0.784. The van der Waals surface area contributed by atoms with Gasteiger partial charge in [-0.3, -0.25) is 4.79 Å². The van der Waals surface area contributed by atoms with E-state index >= 15 is 0 Å². The predicted molar refractivity (Wildman–Crippen MR) is 80.1 cm³/mol. The molecule has 1 rings (SSSR count). The lowest BCUT2D eigenvalue weighted by Gasteiger charge is -2.25. The summed E-state index contributed by atoms with van der Waals surface area (Å²) in [6.07, 6.45) is 2.37. The van der Waals surface area contributed by atoms with Gasteiger partial charge in [0.15, 0.2) is 0 Å². The molecule has 1 aromatic rings. The van der Waals surface area contributed by atoms with Gasteiger partial charge in [0.25, 0.3) is 0 Å². The number of carbonyl (C=O) groups is 1. The van der Waals surface area contributed by atoms with Crippen molar-refractivity contribution < 1.29 is 9.90 Å². The van der Waals surface area contributed by atoms with Crippen LogP contribution in [0.4, 0.5) is 11.4 Å². The Hall–Kier alpha value is -1.71. The van der Waals surface area contributed by atoms with Crippen molar-refractivity contribution in [2.45, 2.75) is 26.2 Å². The Morgan fingerprint density at radius 1 is 1.11 bits per heavy atom. The molecule has 0 aliphatic carbocycles. The van der Waals surface area contributed by atoms with Gasteiger partial charge in [0.05, 0.1) is 6.42 Å². The van der Waals surface area contributed by atoms with Crippen molar-refractivity contribution in [3.8, 4) is 0 Å². The second-order valence-electron chi connectivity index (χ2n) is 4.90. The number of hydrogen-bond donors (Lipinski definition) is 1. The number of aliphatic carboxylic acids is 1. The molecule has 0 unspecified atom stereocenters. The van der Waals surface area contributed by atoms with Crippen LogP contribution in [-0.2, 0) is 4.79 Å². The Morgan fingerprint density at radius 2 is 1.68 bits per heavy atom. The molecule has 0 bridgehead atoms. The lowest BCUT2D eigenvalue weighted by Crippen LogP contribution is -2.27. The molecule has 0 amide bonds. The molecular formula is C15H24N2O2. The summed E-state index contributed by atoms with van der Waals surface area (Å²) in [7, 11) is 4.02. The Bertz CT molecular complexity index is 388. The van der Waals surface area contributed by atoms with Gasteiger partial charge in [-0.15, -0.1) is 0 Å². The van der Waals surface area contributed by atoms with Crippen LogP contribution in [0.15, 0.2) is 24.3 Å². The van der Waals surface area contributed by atoms with E-state index in [-0.39, 0.29) is 6.42 Å². The first-order valence-electron chi connectivity index (χ1n) is 6.78. The molecule has 0 fully saturated rings. The molecule has 0 aromatic heterocycles. The topological polar surface area (TPSA) is 43.8 Å². The summed E-state index contributed by atoms with van der Waals surface area (Å²) in [5, 5.41) is 8.82. The van der Waals surface area contributed by atoms with Crippen LogP contribution in [0.5, 0.6) is 0 Å². The molecule has 4 nitrogen and oxygen atoms in total. The van der Waals surface area contributed by atoms with Gasteiger partial charge in [-0.2, -0.15) is 0 Å². The number of hydrogen-bond acceptors (Lipinski definition) is 3. The fraction of sp³-hybridized carbons (Fsp3) is 0.533. The Kier molecular flexibility index (Phi) is 6.19. The van der Waals surface area contributed by atoms with Gasteiger partial charge >= 0.3 is 5.97 Å². The van der Waals surface area contributed by atoms with Gasteiger partial charge in [-0.05, 0) is 30.7 Å². The van der Waals surface area contributed by atoms with Crippen LogP contribution in [0.3, 0.4) is 0 Å². The monoisotopic (exact) mass is 264 g/mol. The van der Waals surface area contributed by atoms with Gasteiger partial charge < -0.3 is 14.9 Å². The number of benzene rings is 1. The van der Waals surface area contributed by atoms with E-state index in [1.807, 2.05) is 14.1 Å². The van der Waals surface area contributed by atoms with E-state index in [9.17, 15) is 4.79 Å². The van der Waals surface area contributed by atoms with Crippen LogP contribution in [-0.4, -0.2) is 38.3 Å². The van der Waals surface area contributed by atoms with Crippen LogP contribution in [0.2, 0.25) is 0 Å². The molecule has 0 radical (unpaired) electrons. The van der Waals surface area contributed by atoms with Crippen LogP contribution >= 0.6 is 0 Å². The van der Waals surface area contributed by atoms with Gasteiger partial charge in [0, 0.05) is 38.6 Å². The Balaban J connectivity index is 2.74. The molecule has 19 heavy (non-hydrogen) atoms. The molecule has 4 heteroatoms. The van der Waals surface area contributed by atoms with E-state index in [2.05, 4.69) is 41.0 Å². The molecule has 0 spiro atoms. The standard InChI is InChI=1S/C15H24N2O2/c1-4-5-11-17(12-10-15(18)19)14-8-6-13(7-9-14)16(2)3/h6-9H,4-5,10-12H2,1-3H3,(H,18,19). The number of carboxylic acids is 1. The smallest absolute Gasteiger partial charge is 0.305 e. The molecule has 1 aromatic carbocycles. The van der Waals surface area contributed by atoms with Gasteiger partial charge in [0.1, 0.15) is 0 Å². The van der Waals surface area contributed by atoms with Gasteiger partial charge in [0.2, 0.25) is 0 Å². The van der Waals surface area contributed by atoms with E-state index in [0.717, 1.165) is 30.8 Å². The van der Waals surface area contributed by atoms with E-state index in [1.165, 1.54) is 0 Å². The number of nitrogens with zero attached hydrogens (tertiary/aromatic N) is 2. The first-order chi connectivity index (χ1) is 9.04. The molecular weight excluding hydrogens is 240 g/mol. The van der Waals surface area contributed by atoms with E-state index in [1.54, 1.807) is 0 Å².